The molecule has 0 aromatic heterocycles. The standard InChI is InChI=1S/C67H127NO10/c1-3-5-7-9-11-13-14-15-32-35-39-43-47-51-55-63(72)76-56-52-48-44-40-36-33-30-28-26-24-22-20-18-16-17-19-21-23-25-27-29-31-34-38-42-46-50-54-62(71)68-59(60(70)53-49-45-41-37-12-10-8-6-4-2)58-77-67-66(75)65(74)64(73)61(57-69)78-67/h14-15,49,53,59-61,64-67,69-70,73-75H,3-13,16-48,50-52,54-58H2,1-2H3,(H,68,71)/b15-14-,53-49+. The predicted molar refractivity (Wildman–Crippen MR) is 324 cm³/mol. The summed E-state index contributed by atoms with van der Waals surface area (Å²) in [6.07, 6.45) is 60.3. The molecule has 1 saturated heterocycles. The van der Waals surface area contributed by atoms with Gasteiger partial charge in [0.05, 0.1) is 32.0 Å². The van der Waals surface area contributed by atoms with Crippen LogP contribution in [0.1, 0.15) is 328 Å². The molecule has 0 bridgehead atoms. The highest BCUT2D eigenvalue weighted by Crippen LogP contribution is 2.23. The van der Waals surface area contributed by atoms with Gasteiger partial charge >= 0.3 is 5.97 Å². The van der Waals surface area contributed by atoms with Gasteiger partial charge in [-0.1, -0.05) is 282 Å². The molecule has 78 heavy (non-hydrogen) atoms. The van der Waals surface area contributed by atoms with E-state index >= 15 is 0 Å². The molecule has 0 aromatic rings. The van der Waals surface area contributed by atoms with Crippen molar-refractivity contribution in [2.75, 3.05) is 19.8 Å². The number of amides is 1. The second-order valence-electron chi connectivity index (χ2n) is 23.5. The summed E-state index contributed by atoms with van der Waals surface area (Å²) in [7, 11) is 0. The van der Waals surface area contributed by atoms with E-state index in [2.05, 4.69) is 31.3 Å². The average Bonchev–Trinajstić information content (AvgIpc) is 3.44. The van der Waals surface area contributed by atoms with Crippen molar-refractivity contribution in [3.8, 4) is 0 Å². The minimum absolute atomic E-state index is 0.000238. The highest BCUT2D eigenvalue weighted by atomic mass is 16.7. The van der Waals surface area contributed by atoms with Crippen LogP contribution in [0.4, 0.5) is 0 Å². The van der Waals surface area contributed by atoms with Gasteiger partial charge in [0.2, 0.25) is 5.91 Å². The van der Waals surface area contributed by atoms with Gasteiger partial charge in [-0.15, -0.1) is 0 Å². The van der Waals surface area contributed by atoms with Gasteiger partial charge in [-0.3, -0.25) is 9.59 Å². The Morgan fingerprint density at radius 2 is 0.821 bits per heavy atom. The largest absolute Gasteiger partial charge is 0.466 e. The van der Waals surface area contributed by atoms with Crippen LogP contribution >= 0.6 is 0 Å². The van der Waals surface area contributed by atoms with Crippen molar-refractivity contribution in [2.45, 2.75) is 371 Å². The zero-order valence-electron chi connectivity index (χ0n) is 50.9. The van der Waals surface area contributed by atoms with Gasteiger partial charge in [-0.05, 0) is 57.8 Å². The molecule has 0 saturated carbocycles. The minimum Gasteiger partial charge on any atom is -0.466 e. The number of allylic oxidation sites excluding steroid dienone is 3. The molecule has 460 valence electrons. The molecule has 6 N–H and O–H groups in total. The van der Waals surface area contributed by atoms with Crippen LogP contribution < -0.4 is 5.32 Å². The lowest BCUT2D eigenvalue weighted by molar-refractivity contribution is -0.302. The molecule has 1 amide bonds. The molecular weight excluding hydrogens is 979 g/mol. The minimum atomic E-state index is -1.57. The van der Waals surface area contributed by atoms with E-state index < -0.39 is 49.5 Å². The molecule has 11 nitrogen and oxygen atoms in total. The fourth-order valence-corrected chi connectivity index (χ4v) is 10.7. The summed E-state index contributed by atoms with van der Waals surface area (Å²) in [5, 5.41) is 54.3. The van der Waals surface area contributed by atoms with Gasteiger partial charge in [-0.2, -0.15) is 0 Å². The first kappa shape index (κ1) is 74.2. The maximum absolute atomic E-state index is 13.0. The summed E-state index contributed by atoms with van der Waals surface area (Å²) in [4.78, 5) is 25.1. The summed E-state index contributed by atoms with van der Waals surface area (Å²) in [6, 6.07) is -0.806. The van der Waals surface area contributed by atoms with Crippen LogP contribution in [0, 0.1) is 0 Å². The lowest BCUT2D eigenvalue weighted by Crippen LogP contribution is -2.60. The molecule has 1 fully saturated rings. The number of hydrogen-bond acceptors (Lipinski definition) is 10. The van der Waals surface area contributed by atoms with Crippen LogP contribution in [0.25, 0.3) is 0 Å². The third kappa shape index (κ3) is 45.7. The number of aliphatic hydroxyl groups is 5. The van der Waals surface area contributed by atoms with Gasteiger partial charge < -0.3 is 45.1 Å². The second kappa shape index (κ2) is 57.0. The van der Waals surface area contributed by atoms with Crippen molar-refractivity contribution in [1.29, 1.82) is 0 Å². The molecule has 1 aliphatic heterocycles. The highest BCUT2D eigenvalue weighted by molar-refractivity contribution is 5.76. The number of aliphatic hydroxyl groups excluding tert-OH is 5. The monoisotopic (exact) mass is 1110 g/mol. The van der Waals surface area contributed by atoms with Gasteiger partial charge in [0, 0.05) is 12.8 Å². The molecule has 0 aromatic carbocycles. The Labute approximate surface area is 480 Å². The maximum Gasteiger partial charge on any atom is 0.305 e. The number of ether oxygens (including phenoxy) is 3. The van der Waals surface area contributed by atoms with E-state index in [1.807, 2.05) is 6.08 Å². The first-order valence-corrected chi connectivity index (χ1v) is 33.6. The van der Waals surface area contributed by atoms with E-state index in [0.717, 1.165) is 57.8 Å². The zero-order chi connectivity index (χ0) is 56.6. The Morgan fingerprint density at radius 1 is 0.462 bits per heavy atom. The normalized spacial score (nSPS) is 18.6. The summed E-state index contributed by atoms with van der Waals surface area (Å²) >= 11 is 0. The lowest BCUT2D eigenvalue weighted by Gasteiger charge is -2.40. The SMILES string of the molecule is CCCCCCC/C=C\CCCCCCCC(=O)OCCCCCCCCCCCCCCCCCCCCCCCCCCCCCC(=O)NC(COC1OC(CO)C(O)C(O)C1O)C(O)/C=C/CCCCCCCCC. The van der Waals surface area contributed by atoms with Crippen LogP contribution in [-0.4, -0.2) is 100 Å². The predicted octanol–water partition coefficient (Wildman–Crippen LogP) is 16.5. The third-order valence-electron chi connectivity index (χ3n) is 16.1. The Morgan fingerprint density at radius 3 is 1.23 bits per heavy atom. The van der Waals surface area contributed by atoms with Crippen molar-refractivity contribution < 1.29 is 49.3 Å². The summed E-state index contributed by atoms with van der Waals surface area (Å²) in [5.74, 6) is -0.180. The Balaban J connectivity index is 1.92. The van der Waals surface area contributed by atoms with Crippen molar-refractivity contribution >= 4 is 11.9 Å². The molecule has 11 heteroatoms. The van der Waals surface area contributed by atoms with Gasteiger partial charge in [0.25, 0.3) is 0 Å². The number of rotatable bonds is 59. The quantitative estimate of drug-likeness (QED) is 0.0195. The molecule has 7 atom stereocenters. The molecule has 1 rings (SSSR count). The van der Waals surface area contributed by atoms with Crippen LogP contribution in [0.15, 0.2) is 24.3 Å². The van der Waals surface area contributed by atoms with E-state index in [0.29, 0.717) is 19.4 Å². The Hall–Kier alpha value is -1.86. The van der Waals surface area contributed by atoms with Crippen molar-refractivity contribution in [3.05, 3.63) is 24.3 Å². The highest BCUT2D eigenvalue weighted by Gasteiger charge is 2.44. The van der Waals surface area contributed by atoms with Crippen molar-refractivity contribution in [3.63, 3.8) is 0 Å². The first-order chi connectivity index (χ1) is 38.2. The Kier molecular flexibility index (Phi) is 54.2. The summed E-state index contributed by atoms with van der Waals surface area (Å²) in [5.41, 5.74) is 0. The average molecular weight is 1110 g/mol. The molecule has 0 spiro atoms. The molecule has 0 radical (unpaired) electrons. The van der Waals surface area contributed by atoms with Gasteiger partial charge in [0.15, 0.2) is 6.29 Å². The number of esters is 1. The fraction of sp³-hybridized carbons (Fsp3) is 0.910. The first-order valence-electron chi connectivity index (χ1n) is 33.6. The maximum atomic E-state index is 13.0. The van der Waals surface area contributed by atoms with Crippen LogP contribution in [0.5, 0.6) is 0 Å². The second-order valence-corrected chi connectivity index (χ2v) is 23.5. The molecule has 1 heterocycles. The van der Waals surface area contributed by atoms with Crippen LogP contribution in [-0.2, 0) is 23.8 Å². The third-order valence-corrected chi connectivity index (χ3v) is 16.1. The molecule has 1 aliphatic rings. The number of nitrogens with one attached hydrogen (secondary N) is 1. The van der Waals surface area contributed by atoms with Crippen molar-refractivity contribution in [1.82, 2.24) is 5.32 Å². The van der Waals surface area contributed by atoms with E-state index in [9.17, 15) is 35.1 Å². The smallest absolute Gasteiger partial charge is 0.305 e. The number of carbonyl (C=O) groups is 2. The van der Waals surface area contributed by atoms with E-state index in [1.54, 1.807) is 6.08 Å². The van der Waals surface area contributed by atoms with E-state index in [1.165, 1.54) is 244 Å². The number of carbonyl (C=O) groups excluding carboxylic acids is 2. The van der Waals surface area contributed by atoms with Gasteiger partial charge in [-0.25, -0.2) is 0 Å². The Bertz CT molecular complexity index is 1350. The topological polar surface area (TPSA) is 175 Å². The zero-order valence-corrected chi connectivity index (χ0v) is 50.9. The lowest BCUT2D eigenvalue weighted by atomic mass is 9.99. The fourth-order valence-electron chi connectivity index (χ4n) is 10.7. The summed E-state index contributed by atoms with van der Waals surface area (Å²) < 4.78 is 16.7. The summed E-state index contributed by atoms with van der Waals surface area (Å²) in [6.45, 7) is 4.33. The van der Waals surface area contributed by atoms with E-state index in [-0.39, 0.29) is 18.5 Å². The van der Waals surface area contributed by atoms with E-state index in [4.69, 9.17) is 14.2 Å². The van der Waals surface area contributed by atoms with Crippen LogP contribution in [0.2, 0.25) is 0 Å². The number of unbranched alkanes of at least 4 members (excludes halogenated alkanes) is 43. The van der Waals surface area contributed by atoms with Crippen LogP contribution in [0.3, 0.4) is 0 Å². The van der Waals surface area contributed by atoms with Gasteiger partial charge in [0.1, 0.15) is 24.4 Å². The molecular formula is C67H127NO10. The molecule has 0 aliphatic carbocycles. The number of hydrogen-bond donors (Lipinski definition) is 6. The molecule has 7 unspecified atom stereocenters. The van der Waals surface area contributed by atoms with Crippen molar-refractivity contribution in [2.24, 2.45) is 0 Å².